The van der Waals surface area contributed by atoms with Crippen LogP contribution in [0.5, 0.6) is 0 Å². The Morgan fingerprint density at radius 1 is 1.35 bits per heavy atom. The quantitative estimate of drug-likeness (QED) is 0.196. The van der Waals surface area contributed by atoms with Crippen molar-refractivity contribution >= 4 is 34.3 Å². The first kappa shape index (κ1) is 18.6. The maximum absolute atomic E-state index is 11.4. The number of Topliss-reactive ketones (excluding diaryl/α,β-unsaturated/α-hetero) is 1. The first-order chi connectivity index (χ1) is 9.69. The predicted octanol–water partition coefficient (Wildman–Crippen LogP) is 5.85. The van der Waals surface area contributed by atoms with E-state index in [1.54, 1.807) is 6.92 Å². The molecule has 116 valence electrons. The van der Waals surface area contributed by atoms with Gasteiger partial charge in [0.1, 0.15) is 5.78 Å². The van der Waals surface area contributed by atoms with Crippen molar-refractivity contribution in [1.82, 2.24) is 0 Å². The molecule has 1 saturated carbocycles. The van der Waals surface area contributed by atoms with Crippen molar-refractivity contribution in [2.75, 3.05) is 0 Å². The Bertz CT molecular complexity index is 307. The van der Waals surface area contributed by atoms with E-state index in [0.717, 1.165) is 19.3 Å². The number of carbonyl (C=O) groups is 1. The summed E-state index contributed by atoms with van der Waals surface area (Å²) in [5.74, 6) is 1.26. The van der Waals surface area contributed by atoms with Gasteiger partial charge in [-0.2, -0.15) is 0 Å². The number of halogens is 1. The van der Waals surface area contributed by atoms with E-state index < -0.39 is 0 Å². The summed E-state index contributed by atoms with van der Waals surface area (Å²) in [6.45, 7) is 4.47. The summed E-state index contributed by atoms with van der Waals surface area (Å²) >= 11 is 2.29. The summed E-state index contributed by atoms with van der Waals surface area (Å²) in [5, 5.41) is 0. The maximum atomic E-state index is 11.4. The van der Waals surface area contributed by atoms with Gasteiger partial charge < -0.3 is 9.32 Å². The molecule has 0 aliphatic heterocycles. The van der Waals surface area contributed by atoms with Crippen molar-refractivity contribution in [3.8, 4) is 0 Å². The summed E-state index contributed by atoms with van der Waals surface area (Å²) in [6.07, 6.45) is 14.4. The summed E-state index contributed by atoms with van der Waals surface area (Å²) < 4.78 is 5.87. The average Bonchev–Trinajstić information content (AvgIpc) is 2.76. The molecule has 4 heteroatoms. The monoisotopic (exact) mass is 410 g/mol. The van der Waals surface area contributed by atoms with Gasteiger partial charge in [-0.1, -0.05) is 38.3 Å². The highest BCUT2D eigenvalue weighted by molar-refractivity contribution is 14.2. The zero-order valence-electron chi connectivity index (χ0n) is 12.7. The number of allylic oxidation sites excluding steroid dienone is 1. The molecule has 0 aromatic rings. The summed E-state index contributed by atoms with van der Waals surface area (Å²) in [6, 6.07) is 0. The van der Waals surface area contributed by atoms with Gasteiger partial charge in [-0.05, 0) is 60.6 Å². The van der Waals surface area contributed by atoms with Crippen LogP contribution >= 0.6 is 28.5 Å². The van der Waals surface area contributed by atoms with Crippen LogP contribution in [0.3, 0.4) is 0 Å². The molecule has 2 unspecified atom stereocenters. The Morgan fingerprint density at radius 2 is 2.15 bits per heavy atom. The standard InChI is InChI=1S/C16H28IO2P/c1-3-4-5-6-7-8-9-15-14(12-13(2)18)10-11-16(15)19-20-17/h8-9,14-16,20H,3-7,10-12H2,1-2H3/b9-8+/t14-,15?,16-/m1/s1. The molecular formula is C16H28IO2P. The molecule has 1 aliphatic rings. The fourth-order valence-corrected chi connectivity index (χ4v) is 4.46. The molecule has 1 rings (SSSR count). The van der Waals surface area contributed by atoms with Gasteiger partial charge in [0.05, 0.1) is 12.6 Å². The molecule has 20 heavy (non-hydrogen) atoms. The van der Waals surface area contributed by atoms with E-state index in [4.69, 9.17) is 4.52 Å². The highest BCUT2D eigenvalue weighted by Gasteiger charge is 2.35. The van der Waals surface area contributed by atoms with Crippen LogP contribution in [0.1, 0.15) is 65.2 Å². The van der Waals surface area contributed by atoms with Crippen LogP contribution in [0.2, 0.25) is 0 Å². The number of rotatable bonds is 10. The van der Waals surface area contributed by atoms with Gasteiger partial charge in [0.2, 0.25) is 0 Å². The lowest BCUT2D eigenvalue weighted by Crippen LogP contribution is -2.19. The minimum atomic E-state index is 0.314. The Kier molecular flexibility index (Phi) is 10.4. The predicted molar refractivity (Wildman–Crippen MR) is 96.6 cm³/mol. The van der Waals surface area contributed by atoms with Gasteiger partial charge in [0.25, 0.3) is 0 Å². The van der Waals surface area contributed by atoms with Crippen molar-refractivity contribution in [3.05, 3.63) is 12.2 Å². The molecule has 0 aromatic heterocycles. The average molecular weight is 410 g/mol. The molecule has 0 saturated heterocycles. The fourth-order valence-electron chi connectivity index (χ4n) is 3.09. The fraction of sp³-hybridized carbons (Fsp3) is 0.812. The highest BCUT2D eigenvalue weighted by Crippen LogP contribution is 2.41. The van der Waals surface area contributed by atoms with Gasteiger partial charge >= 0.3 is 0 Å². The highest BCUT2D eigenvalue weighted by atomic mass is 127. The third-order valence-electron chi connectivity index (χ3n) is 4.12. The molecule has 1 aliphatic carbocycles. The molecule has 0 amide bonds. The minimum Gasteiger partial charge on any atom is -0.348 e. The lowest BCUT2D eigenvalue weighted by Gasteiger charge is -2.20. The summed E-state index contributed by atoms with van der Waals surface area (Å²) in [7, 11) is 0. The zero-order valence-corrected chi connectivity index (χ0v) is 15.9. The molecule has 0 heterocycles. The molecule has 0 N–H and O–H groups in total. The molecule has 0 bridgehead atoms. The van der Waals surface area contributed by atoms with E-state index in [-0.39, 0.29) is 0 Å². The van der Waals surface area contributed by atoms with Gasteiger partial charge in [-0.3, -0.25) is 0 Å². The number of ketones is 1. The van der Waals surface area contributed by atoms with Gasteiger partial charge in [0.15, 0.2) is 0 Å². The number of unbranched alkanes of at least 4 members (excludes halogenated alkanes) is 4. The van der Waals surface area contributed by atoms with Crippen LogP contribution in [-0.4, -0.2) is 11.9 Å². The minimum absolute atomic E-state index is 0.314. The first-order valence-electron chi connectivity index (χ1n) is 7.86. The van der Waals surface area contributed by atoms with Crippen molar-refractivity contribution in [2.45, 2.75) is 71.3 Å². The Balaban J connectivity index is 2.45. The normalized spacial score (nSPS) is 27.1. The van der Waals surface area contributed by atoms with Gasteiger partial charge in [-0.25, -0.2) is 0 Å². The van der Waals surface area contributed by atoms with Crippen LogP contribution < -0.4 is 0 Å². The molecule has 2 nitrogen and oxygen atoms in total. The molecule has 1 fully saturated rings. The molecule has 0 radical (unpaired) electrons. The van der Waals surface area contributed by atoms with Crippen LogP contribution in [0.15, 0.2) is 12.2 Å². The van der Waals surface area contributed by atoms with E-state index in [9.17, 15) is 4.79 Å². The number of hydrogen-bond acceptors (Lipinski definition) is 2. The lowest BCUT2D eigenvalue weighted by molar-refractivity contribution is -0.118. The maximum Gasteiger partial charge on any atom is 0.130 e. The third-order valence-corrected chi connectivity index (χ3v) is 5.28. The van der Waals surface area contributed by atoms with Crippen molar-refractivity contribution in [2.24, 2.45) is 11.8 Å². The largest absolute Gasteiger partial charge is 0.348 e. The Labute approximate surface area is 138 Å². The van der Waals surface area contributed by atoms with Crippen LogP contribution in [-0.2, 0) is 9.32 Å². The Morgan fingerprint density at radius 3 is 2.80 bits per heavy atom. The van der Waals surface area contributed by atoms with Crippen LogP contribution in [0.4, 0.5) is 0 Å². The first-order valence-corrected chi connectivity index (χ1v) is 11.9. The van der Waals surface area contributed by atoms with E-state index in [2.05, 4.69) is 41.1 Å². The second-order valence-electron chi connectivity index (χ2n) is 5.83. The van der Waals surface area contributed by atoms with Crippen molar-refractivity contribution in [1.29, 1.82) is 0 Å². The SMILES string of the molecule is CCCCCC/C=C/C1[C@@H](CC(C)=O)CC[C@H]1OPI. The zero-order chi connectivity index (χ0) is 14.8. The Hall–Kier alpha value is 0.530. The van der Waals surface area contributed by atoms with Crippen LogP contribution in [0, 0.1) is 11.8 Å². The lowest BCUT2D eigenvalue weighted by atomic mass is 9.90. The molecule has 4 atom stereocenters. The third kappa shape index (κ3) is 7.00. The van der Waals surface area contributed by atoms with Gasteiger partial charge in [-0.15, -0.1) is 0 Å². The van der Waals surface area contributed by atoms with Crippen molar-refractivity contribution in [3.63, 3.8) is 0 Å². The number of carbonyl (C=O) groups excluding carboxylic acids is 1. The van der Waals surface area contributed by atoms with E-state index in [1.165, 1.54) is 32.1 Å². The number of hydrogen-bond donors (Lipinski definition) is 0. The molecule has 0 spiro atoms. The van der Waals surface area contributed by atoms with Crippen LogP contribution in [0.25, 0.3) is 0 Å². The smallest absolute Gasteiger partial charge is 0.130 e. The second-order valence-corrected chi connectivity index (χ2v) is 7.54. The second kappa shape index (κ2) is 11.1. The molecular weight excluding hydrogens is 382 g/mol. The summed E-state index contributed by atoms with van der Waals surface area (Å²) in [4.78, 5) is 11.4. The molecule has 0 aromatic carbocycles. The topological polar surface area (TPSA) is 26.3 Å². The van der Waals surface area contributed by atoms with Gasteiger partial charge in [0, 0.05) is 12.3 Å². The summed E-state index contributed by atoms with van der Waals surface area (Å²) in [5.41, 5.74) is 0. The van der Waals surface area contributed by atoms with Crippen molar-refractivity contribution < 1.29 is 9.32 Å². The van der Waals surface area contributed by atoms with E-state index in [1.807, 2.05) is 0 Å². The van der Waals surface area contributed by atoms with E-state index >= 15 is 0 Å². The van der Waals surface area contributed by atoms with E-state index in [0.29, 0.717) is 30.2 Å².